The van der Waals surface area contributed by atoms with Crippen molar-refractivity contribution in [2.45, 2.75) is 0 Å². The molecule has 0 aromatic heterocycles. The topological polar surface area (TPSA) is 69.1 Å². The van der Waals surface area contributed by atoms with Gasteiger partial charge in [-0.25, -0.2) is 4.79 Å². The summed E-state index contributed by atoms with van der Waals surface area (Å²) in [6, 6.07) is -0.833. The first-order valence-corrected chi connectivity index (χ1v) is 0.781. The molecule has 0 saturated heterocycles. The van der Waals surface area contributed by atoms with Crippen LogP contribution in [0.1, 0.15) is 0 Å². The van der Waals surface area contributed by atoms with Crippen LogP contribution in [0.15, 0.2) is 0 Å². The summed E-state index contributed by atoms with van der Waals surface area (Å²) in [6.07, 6.45) is 0. The molecule has 0 unspecified atom stereocenters. The molecule has 7 heteroatoms. The molecule has 0 aliphatic rings. The molecule has 0 bridgehead atoms. The molecule has 52 valence electrons. The van der Waals surface area contributed by atoms with E-state index in [9.17, 15) is 0 Å². The van der Waals surface area contributed by atoms with Gasteiger partial charge < -0.3 is 48.7 Å². The Bertz CT molecular complexity index is 40.3. The molecule has 3 nitrogen and oxygen atoms in total. The Morgan fingerprint density at radius 1 is 1.00 bits per heavy atom. The summed E-state index contributed by atoms with van der Waals surface area (Å²) in [7, 11) is 0. The zero-order valence-corrected chi connectivity index (χ0v) is 8.27. The summed E-state index contributed by atoms with van der Waals surface area (Å²) in [5, 5.41) is 0. The number of urea groups is 1. The van der Waals surface area contributed by atoms with Crippen LogP contribution in [-0.2, 0) is 0 Å². The van der Waals surface area contributed by atoms with Gasteiger partial charge in [-0.15, -0.1) is 0 Å². The van der Waals surface area contributed by atoms with Crippen molar-refractivity contribution in [3.05, 3.63) is 0 Å². The normalized spacial score (nSPS) is 3.00. The van der Waals surface area contributed by atoms with Gasteiger partial charge in [0.2, 0.25) is 0 Å². The Morgan fingerprint density at radius 2 is 1.00 bits per heavy atom. The number of carbonyl (C=O) groups excluding carboxylic acids is 1. The number of hydrogen-bond acceptors (Lipinski definition) is 1. The van der Waals surface area contributed by atoms with Crippen molar-refractivity contribution in [2.24, 2.45) is 11.5 Å². The molecule has 0 heterocycles. The minimum Gasteiger partial charge on any atom is -1.00 e. The molecule has 0 aromatic carbocycles. The first kappa shape index (κ1) is 33.2. The van der Waals surface area contributed by atoms with Crippen LogP contribution in [0.25, 0.3) is 0 Å². The molecule has 0 fully saturated rings. The van der Waals surface area contributed by atoms with Gasteiger partial charge in [0, 0.05) is 0 Å². The Hall–Kier alpha value is 1.72. The van der Waals surface area contributed by atoms with E-state index in [1.807, 2.05) is 0 Å². The maximum absolute atomic E-state index is 9.00. The second kappa shape index (κ2) is 23.3. The van der Waals surface area contributed by atoms with E-state index in [2.05, 4.69) is 11.5 Å². The monoisotopic (exact) mass is 318 g/mol. The van der Waals surface area contributed by atoms with Gasteiger partial charge in [0.15, 0.2) is 0 Å². The predicted octanol–water partition coefficient (Wildman–Crippen LogP) is -9.96. The van der Waals surface area contributed by atoms with Crippen molar-refractivity contribution < 1.29 is 91.4 Å². The third-order valence-corrected chi connectivity index (χ3v) is 0. The third-order valence-electron chi connectivity index (χ3n) is 0. The molecule has 0 radical (unpaired) electrons. The van der Waals surface area contributed by atoms with Gasteiger partial charge in [-0.05, 0) is 0 Å². The van der Waals surface area contributed by atoms with Gasteiger partial charge in [-0.2, -0.15) is 0 Å². The summed E-state index contributed by atoms with van der Waals surface area (Å²) in [5.41, 5.74) is 8.50. The van der Waals surface area contributed by atoms with E-state index in [4.69, 9.17) is 4.79 Å². The summed E-state index contributed by atoms with van der Waals surface area (Å²) in [5.74, 6) is 0. The smallest absolute Gasteiger partial charge is 1.00 e. The molecule has 0 aromatic rings. The van der Waals surface area contributed by atoms with E-state index < -0.39 is 6.03 Å². The van der Waals surface area contributed by atoms with E-state index in [0.29, 0.717) is 0 Å². The summed E-state index contributed by atoms with van der Waals surface area (Å²) < 4.78 is 0. The molecular formula is CH4Cl3EuN2O. The van der Waals surface area contributed by atoms with Crippen LogP contribution < -0.4 is 48.7 Å². The number of hydrogen-bond donors (Lipinski definition) is 2. The molecule has 0 aliphatic heterocycles. The average Bonchev–Trinajstić information content (AvgIpc) is 0.811. The number of rotatable bonds is 0. The first-order chi connectivity index (χ1) is 1.73. The van der Waals surface area contributed by atoms with E-state index in [1.165, 1.54) is 0 Å². The third kappa shape index (κ3) is 117. The zero-order valence-electron chi connectivity index (χ0n) is 3.57. The van der Waals surface area contributed by atoms with E-state index in [-0.39, 0.29) is 86.6 Å². The molecule has 0 rings (SSSR count). The Labute approximate surface area is 107 Å². The fraction of sp³-hybridized carbons (Fsp3) is 0. The minimum absolute atomic E-state index is 0. The van der Waals surface area contributed by atoms with Crippen LogP contribution in [0.5, 0.6) is 0 Å². The maximum atomic E-state index is 9.00. The van der Waals surface area contributed by atoms with Crippen molar-refractivity contribution >= 4 is 6.03 Å². The second-order valence-electron chi connectivity index (χ2n) is 0.402. The number of halogens is 3. The van der Waals surface area contributed by atoms with E-state index in [0.717, 1.165) is 0 Å². The molecule has 0 atom stereocenters. The Balaban J connectivity index is -0.00000000750. The number of primary amides is 2. The second-order valence-corrected chi connectivity index (χ2v) is 0.402. The maximum Gasteiger partial charge on any atom is 3.00 e. The predicted molar refractivity (Wildman–Crippen MR) is 13.8 cm³/mol. The summed E-state index contributed by atoms with van der Waals surface area (Å²) in [6.45, 7) is 0. The molecule has 0 saturated carbocycles. The van der Waals surface area contributed by atoms with Gasteiger partial charge in [0.25, 0.3) is 0 Å². The summed E-state index contributed by atoms with van der Waals surface area (Å²) in [4.78, 5) is 9.00. The number of amides is 2. The van der Waals surface area contributed by atoms with Crippen molar-refractivity contribution in [1.29, 1.82) is 0 Å². The van der Waals surface area contributed by atoms with Crippen LogP contribution >= 0.6 is 0 Å². The van der Waals surface area contributed by atoms with Gasteiger partial charge in [0.05, 0.1) is 0 Å². The fourth-order valence-electron chi connectivity index (χ4n) is 0. The molecule has 8 heavy (non-hydrogen) atoms. The van der Waals surface area contributed by atoms with E-state index in [1.54, 1.807) is 0 Å². The van der Waals surface area contributed by atoms with Crippen molar-refractivity contribution in [3.63, 3.8) is 0 Å². The molecular weight excluding hydrogens is 314 g/mol. The van der Waals surface area contributed by atoms with Crippen LogP contribution in [0.2, 0.25) is 0 Å². The fourth-order valence-corrected chi connectivity index (χ4v) is 0. The van der Waals surface area contributed by atoms with Gasteiger partial charge in [-0.3, -0.25) is 0 Å². The zero-order chi connectivity index (χ0) is 3.58. The molecule has 4 N–H and O–H groups in total. The SMILES string of the molecule is NC(N)=O.[Cl-].[Cl-].[Cl-].[Eu+3]. The summed E-state index contributed by atoms with van der Waals surface area (Å²) >= 11 is 0. The van der Waals surface area contributed by atoms with Crippen molar-refractivity contribution in [1.82, 2.24) is 0 Å². The van der Waals surface area contributed by atoms with Gasteiger partial charge in [0.1, 0.15) is 0 Å². The van der Waals surface area contributed by atoms with Crippen molar-refractivity contribution in [3.8, 4) is 0 Å². The molecule has 0 aliphatic carbocycles. The number of nitrogens with two attached hydrogens (primary N) is 2. The quantitative estimate of drug-likeness (QED) is 0.458. The van der Waals surface area contributed by atoms with Crippen LogP contribution in [-0.4, -0.2) is 6.03 Å². The molecule has 0 spiro atoms. The van der Waals surface area contributed by atoms with Crippen LogP contribution in [0.3, 0.4) is 0 Å². The standard InChI is InChI=1S/CH4N2O.3ClH.Eu/c2-1(3)4;;;;/h(H4,2,3,4);3*1H;/q;;;;+3/p-3. The minimum atomic E-state index is -0.833. The van der Waals surface area contributed by atoms with Crippen molar-refractivity contribution in [2.75, 3.05) is 0 Å². The Kier molecular flexibility index (Phi) is 96.7. The van der Waals surface area contributed by atoms with Crippen LogP contribution in [0, 0.1) is 49.4 Å². The van der Waals surface area contributed by atoms with E-state index >= 15 is 0 Å². The largest absolute Gasteiger partial charge is 3.00 e. The van der Waals surface area contributed by atoms with Gasteiger partial charge in [-0.1, -0.05) is 0 Å². The first-order valence-electron chi connectivity index (χ1n) is 0.781. The Morgan fingerprint density at radius 3 is 1.00 bits per heavy atom. The molecule has 2 amide bonds. The van der Waals surface area contributed by atoms with Gasteiger partial charge >= 0.3 is 55.4 Å². The average molecular weight is 318 g/mol. The number of carbonyl (C=O) groups is 1. The van der Waals surface area contributed by atoms with Crippen LogP contribution in [0.4, 0.5) is 4.79 Å².